The smallest absolute Gasteiger partial charge is 0.321 e. The molecule has 33 heavy (non-hydrogen) atoms. The van der Waals surface area contributed by atoms with E-state index in [1.54, 1.807) is 18.2 Å². The molecule has 8 heteroatoms. The molecule has 0 radical (unpaired) electrons. The zero-order valence-corrected chi connectivity index (χ0v) is 18.3. The van der Waals surface area contributed by atoms with Crippen molar-refractivity contribution in [1.82, 2.24) is 4.98 Å². The number of pyridine rings is 1. The Morgan fingerprint density at radius 2 is 1.67 bits per heavy atom. The summed E-state index contributed by atoms with van der Waals surface area (Å²) in [6.45, 7) is 3.72. The number of halogens is 5. The third-order valence-electron chi connectivity index (χ3n) is 5.17. The Bertz CT molecular complexity index is 1380. The predicted octanol–water partition coefficient (Wildman–Crippen LogP) is 7.58. The molecule has 3 nitrogen and oxygen atoms in total. The third kappa shape index (κ3) is 4.68. The summed E-state index contributed by atoms with van der Waals surface area (Å²) >= 11 is 6.06. The van der Waals surface area contributed by atoms with Crippen molar-refractivity contribution < 1.29 is 22.4 Å². The van der Waals surface area contributed by atoms with Gasteiger partial charge in [-0.2, -0.15) is 13.2 Å². The molecule has 168 valence electrons. The van der Waals surface area contributed by atoms with E-state index in [2.05, 4.69) is 10.3 Å². The van der Waals surface area contributed by atoms with Crippen LogP contribution < -0.4 is 5.32 Å². The molecular formula is C25H17ClF4N2O. The molecule has 0 saturated heterocycles. The summed E-state index contributed by atoms with van der Waals surface area (Å²) in [7, 11) is 0. The summed E-state index contributed by atoms with van der Waals surface area (Å²) in [5.74, 6) is -1.06. The van der Waals surface area contributed by atoms with Gasteiger partial charge >= 0.3 is 6.18 Å². The van der Waals surface area contributed by atoms with Crippen molar-refractivity contribution in [3.8, 4) is 11.3 Å². The van der Waals surface area contributed by atoms with Gasteiger partial charge in [-0.05, 0) is 74.0 Å². The van der Waals surface area contributed by atoms with Crippen LogP contribution in [0.25, 0.3) is 22.2 Å². The molecule has 1 heterocycles. The Kier molecular flexibility index (Phi) is 5.84. The zero-order valence-electron chi connectivity index (χ0n) is 17.5. The first kappa shape index (κ1) is 22.7. The highest BCUT2D eigenvalue weighted by molar-refractivity contribution is 6.34. The number of fused-ring (bicyclic) bond motifs is 1. The van der Waals surface area contributed by atoms with Gasteiger partial charge in [0.25, 0.3) is 5.91 Å². The number of carbonyl (C=O) groups is 1. The lowest BCUT2D eigenvalue weighted by molar-refractivity contribution is -0.137. The normalized spacial score (nSPS) is 11.6. The molecule has 1 amide bonds. The van der Waals surface area contributed by atoms with Crippen LogP contribution in [-0.2, 0) is 6.18 Å². The lowest BCUT2D eigenvalue weighted by Gasteiger charge is -2.15. The first-order valence-corrected chi connectivity index (χ1v) is 10.3. The van der Waals surface area contributed by atoms with Gasteiger partial charge in [0.15, 0.2) is 0 Å². The van der Waals surface area contributed by atoms with Gasteiger partial charge in [-0.1, -0.05) is 23.2 Å². The van der Waals surface area contributed by atoms with E-state index < -0.39 is 23.5 Å². The predicted molar refractivity (Wildman–Crippen MR) is 121 cm³/mol. The first-order valence-electron chi connectivity index (χ1n) is 9.89. The molecule has 0 bridgehead atoms. The molecule has 0 spiro atoms. The molecular weight excluding hydrogens is 456 g/mol. The average Bonchev–Trinajstić information content (AvgIpc) is 2.74. The number of aromatic nitrogens is 1. The van der Waals surface area contributed by atoms with Gasteiger partial charge in [-0.3, -0.25) is 4.79 Å². The molecule has 0 fully saturated rings. The number of amides is 1. The molecule has 0 unspecified atom stereocenters. The van der Waals surface area contributed by atoms with E-state index in [1.165, 1.54) is 18.2 Å². The number of benzene rings is 3. The molecule has 4 rings (SSSR count). The second-order valence-corrected chi connectivity index (χ2v) is 8.09. The standard InChI is InChI=1S/C25H17ClF4N2O/c1-13-9-14(2)23-18(10-13)19(12-21(31-23)15-3-6-17(27)7-4-15)24(33)32-22-11-16(25(28,29)30)5-8-20(22)26/h3-12H,1-2H3,(H,32,33). The highest BCUT2D eigenvalue weighted by Crippen LogP contribution is 2.35. The molecule has 0 aliphatic carbocycles. The van der Waals surface area contributed by atoms with Crippen LogP contribution in [0, 0.1) is 19.7 Å². The second-order valence-electron chi connectivity index (χ2n) is 7.69. The highest BCUT2D eigenvalue weighted by Gasteiger charge is 2.31. The number of anilines is 1. The lowest BCUT2D eigenvalue weighted by atomic mass is 9.99. The largest absolute Gasteiger partial charge is 0.416 e. The maximum atomic E-state index is 13.4. The number of carbonyl (C=O) groups excluding carboxylic acids is 1. The fraction of sp³-hybridized carbons (Fsp3) is 0.120. The number of aryl methyl sites for hydroxylation is 2. The Hall–Kier alpha value is -3.45. The Morgan fingerprint density at radius 1 is 0.970 bits per heavy atom. The van der Waals surface area contributed by atoms with Crippen LogP contribution in [0.1, 0.15) is 27.0 Å². The van der Waals surface area contributed by atoms with E-state index in [0.29, 0.717) is 22.2 Å². The molecule has 1 N–H and O–H groups in total. The zero-order chi connectivity index (χ0) is 23.9. The van der Waals surface area contributed by atoms with E-state index in [-0.39, 0.29) is 16.3 Å². The van der Waals surface area contributed by atoms with Crippen LogP contribution in [0.2, 0.25) is 5.02 Å². The average molecular weight is 473 g/mol. The minimum absolute atomic E-state index is 0.0270. The van der Waals surface area contributed by atoms with Crippen molar-refractivity contribution in [3.63, 3.8) is 0 Å². The van der Waals surface area contributed by atoms with E-state index >= 15 is 0 Å². The number of hydrogen-bond donors (Lipinski definition) is 1. The van der Waals surface area contributed by atoms with Gasteiger partial charge in [0, 0.05) is 10.9 Å². The first-order chi connectivity index (χ1) is 15.5. The van der Waals surface area contributed by atoms with Crippen LogP contribution in [0.5, 0.6) is 0 Å². The fourth-order valence-electron chi connectivity index (χ4n) is 3.62. The molecule has 0 saturated carbocycles. The summed E-state index contributed by atoms with van der Waals surface area (Å²) < 4.78 is 52.8. The van der Waals surface area contributed by atoms with Gasteiger partial charge in [0.05, 0.1) is 33.0 Å². The molecule has 0 aliphatic rings. The molecule has 3 aromatic carbocycles. The number of rotatable bonds is 3. The minimum atomic E-state index is -4.59. The number of alkyl halides is 3. The van der Waals surface area contributed by atoms with Crippen LogP contribution in [0.4, 0.5) is 23.2 Å². The summed E-state index contributed by atoms with van der Waals surface area (Å²) in [6.07, 6.45) is -4.59. The van der Waals surface area contributed by atoms with Gasteiger partial charge in [0.2, 0.25) is 0 Å². The Labute approximate surface area is 192 Å². The minimum Gasteiger partial charge on any atom is -0.321 e. The second kappa shape index (κ2) is 8.48. The van der Waals surface area contributed by atoms with Crippen molar-refractivity contribution in [2.75, 3.05) is 5.32 Å². The number of nitrogens with zero attached hydrogens (tertiary/aromatic N) is 1. The quantitative estimate of drug-likeness (QED) is 0.312. The third-order valence-corrected chi connectivity index (χ3v) is 5.50. The van der Waals surface area contributed by atoms with Crippen LogP contribution >= 0.6 is 11.6 Å². The van der Waals surface area contributed by atoms with E-state index in [0.717, 1.165) is 29.3 Å². The summed E-state index contributed by atoms with van der Waals surface area (Å²) in [4.78, 5) is 17.9. The van der Waals surface area contributed by atoms with Crippen LogP contribution in [0.15, 0.2) is 60.7 Å². The summed E-state index contributed by atoms with van der Waals surface area (Å²) in [5, 5.41) is 3.01. The van der Waals surface area contributed by atoms with Gasteiger partial charge in [-0.15, -0.1) is 0 Å². The van der Waals surface area contributed by atoms with E-state index in [4.69, 9.17) is 11.6 Å². The fourth-order valence-corrected chi connectivity index (χ4v) is 3.79. The highest BCUT2D eigenvalue weighted by atomic mass is 35.5. The number of nitrogens with one attached hydrogen (secondary N) is 1. The Morgan fingerprint density at radius 3 is 2.33 bits per heavy atom. The number of hydrogen-bond acceptors (Lipinski definition) is 2. The monoisotopic (exact) mass is 472 g/mol. The van der Waals surface area contributed by atoms with Gasteiger partial charge in [-0.25, -0.2) is 9.37 Å². The van der Waals surface area contributed by atoms with Crippen molar-refractivity contribution in [3.05, 3.63) is 93.8 Å². The molecule has 0 atom stereocenters. The molecule has 4 aromatic rings. The molecule has 1 aromatic heterocycles. The van der Waals surface area contributed by atoms with Crippen molar-refractivity contribution >= 4 is 34.1 Å². The van der Waals surface area contributed by atoms with E-state index in [9.17, 15) is 22.4 Å². The van der Waals surface area contributed by atoms with Crippen molar-refractivity contribution in [1.29, 1.82) is 0 Å². The van der Waals surface area contributed by atoms with Crippen LogP contribution in [-0.4, -0.2) is 10.9 Å². The topological polar surface area (TPSA) is 42.0 Å². The van der Waals surface area contributed by atoms with Gasteiger partial charge in [0.1, 0.15) is 5.82 Å². The summed E-state index contributed by atoms with van der Waals surface area (Å²) in [5.41, 5.74) is 2.40. The lowest BCUT2D eigenvalue weighted by Crippen LogP contribution is -2.15. The Balaban J connectivity index is 1.85. The van der Waals surface area contributed by atoms with Crippen molar-refractivity contribution in [2.45, 2.75) is 20.0 Å². The maximum Gasteiger partial charge on any atom is 0.416 e. The van der Waals surface area contributed by atoms with Gasteiger partial charge < -0.3 is 5.32 Å². The van der Waals surface area contributed by atoms with Crippen molar-refractivity contribution in [2.24, 2.45) is 0 Å². The SMILES string of the molecule is Cc1cc(C)c2nc(-c3ccc(F)cc3)cc(C(=O)Nc3cc(C(F)(F)F)ccc3Cl)c2c1. The maximum absolute atomic E-state index is 13.4. The summed E-state index contributed by atoms with van der Waals surface area (Å²) in [6, 6.07) is 13.6. The van der Waals surface area contributed by atoms with E-state index in [1.807, 2.05) is 19.9 Å². The van der Waals surface area contributed by atoms with Crippen LogP contribution in [0.3, 0.4) is 0 Å². The molecule has 0 aliphatic heterocycles.